The first kappa shape index (κ1) is 14.7. The van der Waals surface area contributed by atoms with E-state index in [4.69, 9.17) is 5.11 Å². The van der Waals surface area contributed by atoms with Crippen molar-refractivity contribution >= 4 is 17.8 Å². The molecule has 1 unspecified atom stereocenters. The summed E-state index contributed by atoms with van der Waals surface area (Å²) in [4.78, 5) is 35.9. The molecular formula is C13H21NO4. The van der Waals surface area contributed by atoms with E-state index < -0.39 is 11.9 Å². The summed E-state index contributed by atoms with van der Waals surface area (Å²) in [5.74, 6) is -1.83. The minimum absolute atomic E-state index is 0.0190. The van der Waals surface area contributed by atoms with Crippen LogP contribution < -0.4 is 0 Å². The van der Waals surface area contributed by atoms with Crippen molar-refractivity contribution in [3.8, 4) is 0 Å². The first-order chi connectivity index (χ1) is 8.41. The summed E-state index contributed by atoms with van der Waals surface area (Å²) >= 11 is 0. The molecule has 0 bridgehead atoms. The van der Waals surface area contributed by atoms with E-state index in [-0.39, 0.29) is 24.3 Å². The number of carbonyl (C=O) groups excluding carboxylic acids is 2. The van der Waals surface area contributed by atoms with E-state index in [0.29, 0.717) is 32.1 Å². The Morgan fingerprint density at radius 1 is 1.22 bits per heavy atom. The minimum Gasteiger partial charge on any atom is -0.481 e. The molecule has 1 heterocycles. The van der Waals surface area contributed by atoms with Crippen LogP contribution in [0, 0.1) is 11.8 Å². The summed E-state index contributed by atoms with van der Waals surface area (Å²) in [6.45, 7) is 3.88. The highest BCUT2D eigenvalue weighted by molar-refractivity contribution is 5.96. The molecular weight excluding hydrogens is 234 g/mol. The first-order valence-electron chi connectivity index (χ1n) is 6.47. The van der Waals surface area contributed by atoms with Gasteiger partial charge in [0.05, 0.1) is 5.92 Å². The van der Waals surface area contributed by atoms with Gasteiger partial charge in [0.2, 0.25) is 11.8 Å². The number of amides is 2. The number of hydrogen-bond donors (Lipinski definition) is 1. The van der Waals surface area contributed by atoms with Crippen LogP contribution in [0.2, 0.25) is 0 Å². The third-order valence-electron chi connectivity index (χ3n) is 3.14. The number of rotatable bonds is 5. The number of aliphatic carboxylic acids is 1. The molecule has 18 heavy (non-hydrogen) atoms. The van der Waals surface area contributed by atoms with Crippen molar-refractivity contribution < 1.29 is 19.5 Å². The van der Waals surface area contributed by atoms with Crippen LogP contribution >= 0.6 is 0 Å². The Kier molecular flexibility index (Phi) is 5.31. The molecule has 2 amide bonds. The van der Waals surface area contributed by atoms with Gasteiger partial charge in [-0.1, -0.05) is 13.8 Å². The molecule has 0 aromatic rings. The Morgan fingerprint density at radius 2 is 1.72 bits per heavy atom. The van der Waals surface area contributed by atoms with E-state index in [1.54, 1.807) is 0 Å². The first-order valence-corrected chi connectivity index (χ1v) is 6.47. The van der Waals surface area contributed by atoms with Gasteiger partial charge in [0.15, 0.2) is 0 Å². The van der Waals surface area contributed by atoms with Gasteiger partial charge >= 0.3 is 5.97 Å². The summed E-state index contributed by atoms with van der Waals surface area (Å²) in [5, 5.41) is 9.15. The fraction of sp³-hybridized carbons (Fsp3) is 0.769. The Balaban J connectivity index is 2.73. The summed E-state index contributed by atoms with van der Waals surface area (Å²) in [6.07, 6.45) is 2.60. The molecule has 0 spiro atoms. The van der Waals surface area contributed by atoms with Gasteiger partial charge in [-0.25, -0.2) is 0 Å². The second-order valence-electron chi connectivity index (χ2n) is 5.27. The van der Waals surface area contributed by atoms with Crippen molar-refractivity contribution in [1.29, 1.82) is 0 Å². The van der Waals surface area contributed by atoms with E-state index in [1.807, 2.05) is 13.8 Å². The lowest BCUT2D eigenvalue weighted by molar-refractivity contribution is -0.148. The van der Waals surface area contributed by atoms with Crippen molar-refractivity contribution in [2.45, 2.75) is 46.0 Å². The number of nitrogens with zero attached hydrogens (tertiary/aromatic N) is 1. The zero-order valence-corrected chi connectivity index (χ0v) is 11.0. The topological polar surface area (TPSA) is 74.7 Å². The molecule has 1 aliphatic rings. The number of carboxylic acid groups (broad SMARTS) is 1. The maximum atomic E-state index is 11.8. The van der Waals surface area contributed by atoms with Gasteiger partial charge in [0, 0.05) is 19.4 Å². The van der Waals surface area contributed by atoms with Crippen molar-refractivity contribution in [3.05, 3.63) is 0 Å². The molecule has 1 aliphatic heterocycles. The number of imide groups is 1. The zero-order chi connectivity index (χ0) is 13.7. The van der Waals surface area contributed by atoms with Gasteiger partial charge in [-0.05, 0) is 25.2 Å². The Hall–Kier alpha value is -1.39. The monoisotopic (exact) mass is 255 g/mol. The van der Waals surface area contributed by atoms with Crippen LogP contribution in [0.15, 0.2) is 0 Å². The lowest BCUT2D eigenvalue weighted by Crippen LogP contribution is -2.41. The highest BCUT2D eigenvalue weighted by Crippen LogP contribution is 2.18. The Labute approximate surface area is 107 Å². The number of hydrogen-bond acceptors (Lipinski definition) is 3. The van der Waals surface area contributed by atoms with Gasteiger partial charge in [-0.15, -0.1) is 0 Å². The maximum absolute atomic E-state index is 11.8. The number of carbonyl (C=O) groups is 3. The molecule has 0 aromatic heterocycles. The Bertz CT molecular complexity index is 320. The fourth-order valence-corrected chi connectivity index (χ4v) is 2.21. The highest BCUT2D eigenvalue weighted by atomic mass is 16.4. The predicted octanol–water partition coefficient (Wildman–Crippen LogP) is 1.66. The molecule has 0 saturated carbocycles. The van der Waals surface area contributed by atoms with E-state index >= 15 is 0 Å². The molecule has 1 fully saturated rings. The van der Waals surface area contributed by atoms with Crippen molar-refractivity contribution in [3.63, 3.8) is 0 Å². The van der Waals surface area contributed by atoms with Gasteiger partial charge in [-0.3, -0.25) is 19.3 Å². The third kappa shape index (κ3) is 4.13. The lowest BCUT2D eigenvalue weighted by atomic mass is 9.96. The molecule has 1 rings (SSSR count). The third-order valence-corrected chi connectivity index (χ3v) is 3.14. The average Bonchev–Trinajstić information content (AvgIpc) is 2.42. The second-order valence-corrected chi connectivity index (χ2v) is 5.27. The van der Waals surface area contributed by atoms with Crippen LogP contribution in [0.4, 0.5) is 0 Å². The van der Waals surface area contributed by atoms with Crippen LogP contribution in [0.3, 0.4) is 0 Å². The summed E-state index contributed by atoms with van der Waals surface area (Å²) in [7, 11) is 0. The zero-order valence-electron chi connectivity index (χ0n) is 11.0. The smallest absolute Gasteiger partial charge is 0.308 e. The summed E-state index contributed by atoms with van der Waals surface area (Å²) < 4.78 is 0. The van der Waals surface area contributed by atoms with Crippen LogP contribution in [-0.2, 0) is 14.4 Å². The van der Waals surface area contributed by atoms with E-state index in [2.05, 4.69) is 0 Å². The van der Waals surface area contributed by atoms with Gasteiger partial charge in [0.1, 0.15) is 0 Å². The van der Waals surface area contributed by atoms with Crippen molar-refractivity contribution in [2.75, 3.05) is 6.54 Å². The number of carboxylic acids is 1. The molecule has 0 aliphatic carbocycles. The number of likely N-dealkylation sites (tertiary alicyclic amines) is 1. The average molecular weight is 255 g/mol. The molecule has 1 atom stereocenters. The Morgan fingerprint density at radius 3 is 2.11 bits per heavy atom. The summed E-state index contributed by atoms with van der Waals surface area (Å²) in [5.41, 5.74) is 0. The van der Waals surface area contributed by atoms with Crippen LogP contribution in [0.1, 0.15) is 46.0 Å². The lowest BCUT2D eigenvalue weighted by Gasteiger charge is -2.23. The van der Waals surface area contributed by atoms with Crippen LogP contribution in [-0.4, -0.2) is 34.3 Å². The molecule has 102 valence electrons. The van der Waals surface area contributed by atoms with Gasteiger partial charge < -0.3 is 5.11 Å². The molecule has 5 nitrogen and oxygen atoms in total. The van der Waals surface area contributed by atoms with E-state index in [0.717, 1.165) is 4.90 Å². The molecule has 1 saturated heterocycles. The van der Waals surface area contributed by atoms with Crippen LogP contribution in [0.5, 0.6) is 0 Å². The largest absolute Gasteiger partial charge is 0.481 e. The van der Waals surface area contributed by atoms with E-state index in [9.17, 15) is 14.4 Å². The molecule has 5 heteroatoms. The quantitative estimate of drug-likeness (QED) is 0.758. The highest BCUT2D eigenvalue weighted by Gasteiger charge is 2.29. The second kappa shape index (κ2) is 6.52. The molecule has 0 aromatic carbocycles. The minimum atomic E-state index is -0.937. The van der Waals surface area contributed by atoms with Crippen molar-refractivity contribution in [2.24, 2.45) is 11.8 Å². The van der Waals surface area contributed by atoms with Crippen LogP contribution in [0.25, 0.3) is 0 Å². The maximum Gasteiger partial charge on any atom is 0.308 e. The molecule has 1 N–H and O–H groups in total. The standard InChI is InChI=1S/C13H21NO4/c1-9(2)7-10(13(17)18)8-14-11(15)5-3-4-6-12(14)16/h9-10H,3-8H2,1-2H3,(H,17,18). The predicted molar refractivity (Wildman–Crippen MR) is 65.8 cm³/mol. The van der Waals surface area contributed by atoms with E-state index in [1.165, 1.54) is 0 Å². The fourth-order valence-electron chi connectivity index (χ4n) is 2.21. The SMILES string of the molecule is CC(C)CC(CN1C(=O)CCCCC1=O)C(=O)O. The molecule has 0 radical (unpaired) electrons. The van der Waals surface area contributed by atoms with Crippen molar-refractivity contribution in [1.82, 2.24) is 4.90 Å². The van der Waals surface area contributed by atoms with Gasteiger partial charge in [0.25, 0.3) is 0 Å². The van der Waals surface area contributed by atoms with Gasteiger partial charge in [-0.2, -0.15) is 0 Å². The summed E-state index contributed by atoms with van der Waals surface area (Å²) in [6, 6.07) is 0. The normalized spacial score (nSPS) is 18.9.